The van der Waals surface area contributed by atoms with Crippen LogP contribution >= 0.6 is 0 Å². The number of amides is 2. The summed E-state index contributed by atoms with van der Waals surface area (Å²) in [7, 11) is 0. The van der Waals surface area contributed by atoms with Gasteiger partial charge in [-0.25, -0.2) is 4.39 Å². The van der Waals surface area contributed by atoms with Gasteiger partial charge in [0.25, 0.3) is 5.91 Å². The Morgan fingerprint density at radius 3 is 2.35 bits per heavy atom. The molecule has 0 bridgehead atoms. The molecule has 0 radical (unpaired) electrons. The van der Waals surface area contributed by atoms with Crippen molar-refractivity contribution in [2.75, 3.05) is 5.32 Å². The van der Waals surface area contributed by atoms with Crippen LogP contribution in [0.15, 0.2) is 18.2 Å². The monoisotopic (exact) mass is 318 g/mol. The molecule has 124 valence electrons. The van der Waals surface area contributed by atoms with Crippen LogP contribution in [-0.2, 0) is 4.79 Å². The quantitative estimate of drug-likeness (QED) is 0.920. The SMILES string of the molecule is CC(=O)Nc1ccc(F)c(C(=O)N(C2CCCCC2)C2CC2)c1. The smallest absolute Gasteiger partial charge is 0.257 e. The summed E-state index contributed by atoms with van der Waals surface area (Å²) in [6.07, 6.45) is 7.52. The van der Waals surface area contributed by atoms with E-state index in [0.717, 1.165) is 38.5 Å². The van der Waals surface area contributed by atoms with Crippen molar-refractivity contribution in [1.29, 1.82) is 0 Å². The highest BCUT2D eigenvalue weighted by Gasteiger charge is 2.38. The van der Waals surface area contributed by atoms with Crippen LogP contribution in [0.1, 0.15) is 62.2 Å². The van der Waals surface area contributed by atoms with E-state index in [4.69, 9.17) is 0 Å². The van der Waals surface area contributed by atoms with E-state index in [1.54, 1.807) is 0 Å². The Hall–Kier alpha value is -1.91. The van der Waals surface area contributed by atoms with Crippen LogP contribution in [0.4, 0.5) is 10.1 Å². The van der Waals surface area contributed by atoms with Crippen LogP contribution in [-0.4, -0.2) is 28.8 Å². The summed E-state index contributed by atoms with van der Waals surface area (Å²) in [6.45, 7) is 1.39. The van der Waals surface area contributed by atoms with Crippen LogP contribution in [0.25, 0.3) is 0 Å². The topological polar surface area (TPSA) is 49.4 Å². The molecule has 1 aromatic rings. The summed E-state index contributed by atoms with van der Waals surface area (Å²) in [5.41, 5.74) is 0.523. The van der Waals surface area contributed by atoms with Crippen molar-refractivity contribution >= 4 is 17.5 Å². The van der Waals surface area contributed by atoms with Crippen LogP contribution in [0, 0.1) is 5.82 Å². The Labute approximate surface area is 136 Å². The first-order valence-corrected chi connectivity index (χ1v) is 8.46. The summed E-state index contributed by atoms with van der Waals surface area (Å²) in [4.78, 5) is 26.0. The van der Waals surface area contributed by atoms with E-state index in [1.165, 1.54) is 31.5 Å². The molecule has 1 aromatic carbocycles. The third kappa shape index (κ3) is 3.71. The molecular weight excluding hydrogens is 295 g/mol. The molecule has 0 saturated heterocycles. The van der Waals surface area contributed by atoms with E-state index >= 15 is 0 Å². The second-order valence-corrected chi connectivity index (χ2v) is 6.61. The number of anilines is 1. The van der Waals surface area contributed by atoms with Gasteiger partial charge in [0.05, 0.1) is 5.56 Å². The minimum atomic E-state index is -0.523. The predicted molar refractivity (Wildman–Crippen MR) is 86.8 cm³/mol. The van der Waals surface area contributed by atoms with Crippen LogP contribution in [0.3, 0.4) is 0 Å². The number of benzene rings is 1. The van der Waals surface area contributed by atoms with Gasteiger partial charge in [0, 0.05) is 24.7 Å². The van der Waals surface area contributed by atoms with Gasteiger partial charge in [-0.2, -0.15) is 0 Å². The summed E-state index contributed by atoms with van der Waals surface area (Å²) in [6, 6.07) is 4.68. The molecule has 0 aromatic heterocycles. The maximum atomic E-state index is 14.2. The lowest BCUT2D eigenvalue weighted by atomic mass is 9.93. The molecule has 3 rings (SSSR count). The van der Waals surface area contributed by atoms with Crippen LogP contribution in [0.5, 0.6) is 0 Å². The van der Waals surface area contributed by atoms with Crippen molar-refractivity contribution in [3.63, 3.8) is 0 Å². The average molecular weight is 318 g/mol. The van der Waals surface area contributed by atoms with E-state index in [0.29, 0.717) is 5.69 Å². The van der Waals surface area contributed by atoms with Crippen molar-refractivity contribution in [2.24, 2.45) is 0 Å². The maximum absolute atomic E-state index is 14.2. The largest absolute Gasteiger partial charge is 0.333 e. The molecule has 0 unspecified atom stereocenters. The van der Waals surface area contributed by atoms with E-state index in [-0.39, 0.29) is 29.5 Å². The minimum Gasteiger partial charge on any atom is -0.333 e. The average Bonchev–Trinajstić information content (AvgIpc) is 3.35. The van der Waals surface area contributed by atoms with Gasteiger partial charge in [0.1, 0.15) is 5.82 Å². The Kier molecular flexibility index (Phi) is 4.64. The number of carbonyl (C=O) groups excluding carboxylic acids is 2. The van der Waals surface area contributed by atoms with Gasteiger partial charge in [0.15, 0.2) is 0 Å². The highest BCUT2D eigenvalue weighted by atomic mass is 19.1. The van der Waals surface area contributed by atoms with Crippen molar-refractivity contribution in [2.45, 2.75) is 64.0 Å². The lowest BCUT2D eigenvalue weighted by molar-refractivity contribution is -0.114. The van der Waals surface area contributed by atoms with Gasteiger partial charge in [-0.1, -0.05) is 19.3 Å². The van der Waals surface area contributed by atoms with Gasteiger partial charge in [-0.3, -0.25) is 9.59 Å². The van der Waals surface area contributed by atoms with Gasteiger partial charge < -0.3 is 10.2 Å². The second-order valence-electron chi connectivity index (χ2n) is 6.61. The van der Waals surface area contributed by atoms with Gasteiger partial charge in [0.2, 0.25) is 5.91 Å². The highest BCUT2D eigenvalue weighted by molar-refractivity contribution is 5.97. The third-order valence-electron chi connectivity index (χ3n) is 4.66. The molecule has 2 aliphatic carbocycles. The fourth-order valence-corrected chi connectivity index (χ4v) is 3.45. The zero-order chi connectivity index (χ0) is 16.4. The van der Waals surface area contributed by atoms with Crippen LogP contribution in [0.2, 0.25) is 0 Å². The highest BCUT2D eigenvalue weighted by Crippen LogP contribution is 2.35. The van der Waals surface area contributed by atoms with Crippen molar-refractivity contribution in [3.8, 4) is 0 Å². The molecular formula is C18H23FN2O2. The van der Waals surface area contributed by atoms with Crippen LogP contribution < -0.4 is 5.32 Å². The number of halogens is 1. The Bertz CT molecular complexity index is 607. The van der Waals surface area contributed by atoms with E-state index in [9.17, 15) is 14.0 Å². The van der Waals surface area contributed by atoms with Crippen molar-refractivity contribution in [1.82, 2.24) is 4.90 Å². The standard InChI is InChI=1S/C18H23FN2O2/c1-12(22)20-13-7-10-17(19)16(11-13)18(23)21(15-8-9-15)14-5-3-2-4-6-14/h7,10-11,14-15H,2-6,8-9H2,1H3,(H,20,22). The summed E-state index contributed by atoms with van der Waals surface area (Å²) in [5, 5.41) is 2.61. The molecule has 0 heterocycles. The first-order chi connectivity index (χ1) is 11.1. The second kappa shape index (κ2) is 6.69. The summed E-state index contributed by atoms with van der Waals surface area (Å²) < 4.78 is 14.2. The molecule has 4 nitrogen and oxygen atoms in total. The maximum Gasteiger partial charge on any atom is 0.257 e. The summed E-state index contributed by atoms with van der Waals surface area (Å²) in [5.74, 6) is -0.990. The van der Waals surface area contributed by atoms with E-state index < -0.39 is 5.82 Å². The molecule has 2 aliphatic rings. The van der Waals surface area contributed by atoms with Crippen molar-refractivity contribution in [3.05, 3.63) is 29.6 Å². The molecule has 0 aliphatic heterocycles. The molecule has 0 atom stereocenters. The molecule has 5 heteroatoms. The predicted octanol–water partition coefficient (Wildman–Crippen LogP) is 3.72. The lowest BCUT2D eigenvalue weighted by Gasteiger charge is -2.35. The van der Waals surface area contributed by atoms with E-state index in [2.05, 4.69) is 5.32 Å². The molecule has 2 saturated carbocycles. The van der Waals surface area contributed by atoms with Gasteiger partial charge in [-0.05, 0) is 43.9 Å². The summed E-state index contributed by atoms with van der Waals surface area (Å²) >= 11 is 0. The Morgan fingerprint density at radius 1 is 1.09 bits per heavy atom. The first-order valence-electron chi connectivity index (χ1n) is 8.46. The third-order valence-corrected chi connectivity index (χ3v) is 4.66. The van der Waals surface area contributed by atoms with Gasteiger partial charge >= 0.3 is 0 Å². The number of hydrogen-bond donors (Lipinski definition) is 1. The molecule has 2 fully saturated rings. The Balaban J connectivity index is 1.85. The van der Waals surface area contributed by atoms with Crippen molar-refractivity contribution < 1.29 is 14.0 Å². The molecule has 23 heavy (non-hydrogen) atoms. The molecule has 1 N–H and O–H groups in total. The normalized spacial score (nSPS) is 18.5. The lowest BCUT2D eigenvalue weighted by Crippen LogP contribution is -2.43. The molecule has 0 spiro atoms. The number of rotatable bonds is 4. The number of carbonyl (C=O) groups is 2. The fraction of sp³-hybridized carbons (Fsp3) is 0.556. The zero-order valence-electron chi connectivity index (χ0n) is 13.5. The number of hydrogen-bond acceptors (Lipinski definition) is 2. The zero-order valence-corrected chi connectivity index (χ0v) is 13.5. The van der Waals surface area contributed by atoms with Gasteiger partial charge in [-0.15, -0.1) is 0 Å². The number of nitrogens with zero attached hydrogens (tertiary/aromatic N) is 1. The minimum absolute atomic E-state index is 0.0636. The fourth-order valence-electron chi connectivity index (χ4n) is 3.45. The first kappa shape index (κ1) is 16.0. The number of nitrogens with one attached hydrogen (secondary N) is 1. The Morgan fingerprint density at radius 2 is 1.74 bits per heavy atom. The van der Waals surface area contributed by atoms with E-state index in [1.807, 2.05) is 4.90 Å². The molecule has 2 amide bonds.